The Hall–Kier alpha value is -3.87. The van der Waals surface area contributed by atoms with Gasteiger partial charge in [0.2, 0.25) is 0 Å². The van der Waals surface area contributed by atoms with E-state index in [0.29, 0.717) is 0 Å². The number of fused-ring (bicyclic) bond motifs is 2. The summed E-state index contributed by atoms with van der Waals surface area (Å²) in [5.41, 5.74) is 8.31. The maximum absolute atomic E-state index is 4.97. The molecule has 0 bridgehead atoms. The van der Waals surface area contributed by atoms with Crippen LogP contribution in [0.2, 0.25) is 0 Å². The van der Waals surface area contributed by atoms with Crippen LogP contribution in [0.5, 0.6) is 0 Å². The highest BCUT2D eigenvalue weighted by molar-refractivity contribution is 5.74. The summed E-state index contributed by atoms with van der Waals surface area (Å²) in [4.78, 5) is 20.4. The third kappa shape index (κ3) is 5.37. The molecule has 0 saturated carbocycles. The van der Waals surface area contributed by atoms with Crippen molar-refractivity contribution >= 4 is 11.0 Å². The van der Waals surface area contributed by atoms with E-state index < -0.39 is 0 Å². The predicted molar refractivity (Wildman–Crippen MR) is 151 cm³/mol. The van der Waals surface area contributed by atoms with Crippen LogP contribution in [-0.2, 0) is 26.1 Å². The van der Waals surface area contributed by atoms with E-state index in [2.05, 4.69) is 81.7 Å². The number of hydrogen-bond donors (Lipinski definition) is 2. The molecule has 3 aromatic heterocycles. The van der Waals surface area contributed by atoms with Crippen molar-refractivity contribution in [3.63, 3.8) is 0 Å². The van der Waals surface area contributed by atoms with Gasteiger partial charge in [0.05, 0.1) is 34.5 Å². The highest BCUT2D eigenvalue weighted by Gasteiger charge is 2.32. The number of benzene rings is 2. The minimum Gasteiger partial charge on any atom is -0.341 e. The lowest BCUT2D eigenvalue weighted by Gasteiger charge is -2.38. The molecule has 0 spiro atoms. The highest BCUT2D eigenvalue weighted by Crippen LogP contribution is 2.38. The molecule has 6 rings (SSSR count). The molecule has 6 heteroatoms. The molecule has 2 N–H and O–H groups in total. The lowest BCUT2D eigenvalue weighted by atomic mass is 9.89. The minimum atomic E-state index is 0.111. The first-order valence-corrected chi connectivity index (χ1v) is 13.6. The summed E-state index contributed by atoms with van der Waals surface area (Å²) in [6.45, 7) is 4.68. The Morgan fingerprint density at radius 3 is 2.55 bits per heavy atom. The van der Waals surface area contributed by atoms with Gasteiger partial charge in [-0.2, -0.15) is 0 Å². The van der Waals surface area contributed by atoms with Crippen LogP contribution in [0.4, 0.5) is 0 Å². The summed E-state index contributed by atoms with van der Waals surface area (Å²) in [5.74, 6) is 1.00. The lowest BCUT2D eigenvalue weighted by Crippen LogP contribution is -2.34. The zero-order valence-electron chi connectivity index (χ0n) is 21.8. The molecule has 192 valence electrons. The number of imidazole rings is 1. The number of rotatable bonds is 9. The fourth-order valence-electron chi connectivity index (χ4n) is 5.56. The topological polar surface area (TPSA) is 69.7 Å². The summed E-state index contributed by atoms with van der Waals surface area (Å²) in [7, 11) is 0. The van der Waals surface area contributed by atoms with Crippen LogP contribution in [0.15, 0.2) is 91.3 Å². The van der Waals surface area contributed by atoms with E-state index >= 15 is 0 Å². The smallest absolute Gasteiger partial charge is 0.124 e. The van der Waals surface area contributed by atoms with Crippen molar-refractivity contribution in [1.82, 2.24) is 30.2 Å². The van der Waals surface area contributed by atoms with Crippen LogP contribution in [0.3, 0.4) is 0 Å². The van der Waals surface area contributed by atoms with Gasteiger partial charge < -0.3 is 10.3 Å². The van der Waals surface area contributed by atoms with Crippen molar-refractivity contribution in [3.05, 3.63) is 125 Å². The Morgan fingerprint density at radius 2 is 1.71 bits per heavy atom. The number of aromatic amines is 1. The van der Waals surface area contributed by atoms with Gasteiger partial charge in [0.25, 0.3) is 0 Å². The standard InChI is InChI=1S/C32H34N6/c1-23(32-36-28-11-2-3-12-29(28)37-32)38(30-13-6-8-26-9-7-19-35-31(26)30)22-25-16-14-24(15-17-25)20-33-21-27-10-4-5-18-34-27/h2-5,7,9-12,14-19,23,30,33H,6,8,13,20-22H2,1H3,(H,36,37). The molecule has 0 saturated heterocycles. The van der Waals surface area contributed by atoms with E-state index in [1.165, 1.54) is 28.8 Å². The molecule has 6 nitrogen and oxygen atoms in total. The van der Waals surface area contributed by atoms with Crippen LogP contribution in [0, 0.1) is 0 Å². The first-order valence-electron chi connectivity index (χ1n) is 13.6. The van der Waals surface area contributed by atoms with E-state index in [1.807, 2.05) is 36.7 Å². The van der Waals surface area contributed by atoms with Gasteiger partial charge in [0.15, 0.2) is 0 Å². The zero-order chi connectivity index (χ0) is 25.7. The van der Waals surface area contributed by atoms with Gasteiger partial charge in [0.1, 0.15) is 5.82 Å². The maximum atomic E-state index is 4.97. The second-order valence-electron chi connectivity index (χ2n) is 10.2. The van der Waals surface area contributed by atoms with E-state index in [1.54, 1.807) is 0 Å². The largest absolute Gasteiger partial charge is 0.341 e. The second-order valence-corrected chi connectivity index (χ2v) is 10.2. The summed E-state index contributed by atoms with van der Waals surface area (Å²) in [6.07, 6.45) is 7.16. The highest BCUT2D eigenvalue weighted by atomic mass is 15.2. The van der Waals surface area contributed by atoms with Crippen LogP contribution in [0.25, 0.3) is 11.0 Å². The molecule has 0 amide bonds. The summed E-state index contributed by atoms with van der Waals surface area (Å²) < 4.78 is 0. The number of aryl methyl sites for hydroxylation is 1. The molecule has 38 heavy (non-hydrogen) atoms. The zero-order valence-corrected chi connectivity index (χ0v) is 21.8. The van der Waals surface area contributed by atoms with Crippen LogP contribution in [0.1, 0.15) is 65.8 Å². The van der Waals surface area contributed by atoms with Crippen LogP contribution >= 0.6 is 0 Å². The molecule has 2 atom stereocenters. The quantitative estimate of drug-likeness (QED) is 0.248. The van der Waals surface area contributed by atoms with E-state index in [-0.39, 0.29) is 12.1 Å². The Kier molecular flexibility index (Phi) is 7.25. The van der Waals surface area contributed by atoms with Gasteiger partial charge in [-0.25, -0.2) is 4.98 Å². The number of hydrogen-bond acceptors (Lipinski definition) is 5. The monoisotopic (exact) mass is 502 g/mol. The number of H-pyrrole nitrogens is 1. The van der Waals surface area contributed by atoms with Gasteiger partial charge in [-0.05, 0) is 73.2 Å². The number of nitrogens with one attached hydrogen (secondary N) is 2. The van der Waals surface area contributed by atoms with E-state index in [0.717, 1.165) is 55.0 Å². The van der Waals surface area contributed by atoms with Gasteiger partial charge >= 0.3 is 0 Å². The molecule has 0 radical (unpaired) electrons. The maximum Gasteiger partial charge on any atom is 0.124 e. The first kappa shape index (κ1) is 24.5. The molecule has 3 heterocycles. The third-order valence-corrected chi connectivity index (χ3v) is 7.62. The normalized spacial score (nSPS) is 16.0. The summed E-state index contributed by atoms with van der Waals surface area (Å²) >= 11 is 0. The van der Waals surface area contributed by atoms with Crippen molar-refractivity contribution < 1.29 is 0 Å². The first-order chi connectivity index (χ1) is 18.7. The number of nitrogens with zero attached hydrogens (tertiary/aromatic N) is 4. The Bertz CT molecular complexity index is 1440. The predicted octanol–water partition coefficient (Wildman–Crippen LogP) is 6.28. The molecular weight excluding hydrogens is 468 g/mol. The molecule has 5 aromatic rings. The Balaban J connectivity index is 1.23. The van der Waals surface area contributed by atoms with Crippen molar-refractivity contribution in [2.75, 3.05) is 0 Å². The summed E-state index contributed by atoms with van der Waals surface area (Å²) in [5, 5.41) is 3.50. The van der Waals surface area contributed by atoms with Gasteiger partial charge in [-0.1, -0.05) is 48.5 Å². The molecule has 1 aliphatic carbocycles. The lowest BCUT2D eigenvalue weighted by molar-refractivity contribution is 0.112. The number of pyridine rings is 2. The van der Waals surface area contributed by atoms with Gasteiger partial charge in [-0.3, -0.25) is 14.9 Å². The fraction of sp³-hybridized carbons (Fsp3) is 0.281. The fourth-order valence-corrected chi connectivity index (χ4v) is 5.56. The number of para-hydroxylation sites is 2. The van der Waals surface area contributed by atoms with Crippen molar-refractivity contribution in [1.29, 1.82) is 0 Å². The Labute approximate surface area is 224 Å². The van der Waals surface area contributed by atoms with Crippen molar-refractivity contribution in [2.45, 2.75) is 57.9 Å². The van der Waals surface area contributed by atoms with E-state index in [4.69, 9.17) is 9.97 Å². The van der Waals surface area contributed by atoms with Gasteiger partial charge in [0, 0.05) is 32.0 Å². The van der Waals surface area contributed by atoms with Crippen molar-refractivity contribution in [3.8, 4) is 0 Å². The Morgan fingerprint density at radius 1 is 0.895 bits per heavy atom. The average Bonchev–Trinajstić information content (AvgIpc) is 3.41. The molecule has 1 aliphatic rings. The minimum absolute atomic E-state index is 0.111. The summed E-state index contributed by atoms with van der Waals surface area (Å²) in [6, 6.07) is 28.0. The number of aromatic nitrogens is 4. The van der Waals surface area contributed by atoms with Crippen LogP contribution in [-0.4, -0.2) is 24.8 Å². The molecule has 0 fully saturated rings. The molecule has 2 unspecified atom stereocenters. The average molecular weight is 503 g/mol. The van der Waals surface area contributed by atoms with E-state index in [9.17, 15) is 0 Å². The molecule has 2 aromatic carbocycles. The third-order valence-electron chi connectivity index (χ3n) is 7.62. The van der Waals surface area contributed by atoms with Crippen LogP contribution < -0.4 is 5.32 Å². The second kappa shape index (κ2) is 11.3. The SMILES string of the molecule is CC(c1nc2ccccc2[nH]1)N(Cc1ccc(CNCc2ccccn2)cc1)C1CCCc2cccnc21. The molecular formula is C32H34N6. The van der Waals surface area contributed by atoms with Gasteiger partial charge in [-0.15, -0.1) is 0 Å². The van der Waals surface area contributed by atoms with Crippen molar-refractivity contribution in [2.24, 2.45) is 0 Å². The molecule has 0 aliphatic heterocycles.